The molecule has 1 aliphatic heterocycles. The number of aryl methyl sites for hydroxylation is 3. The van der Waals surface area contributed by atoms with Crippen LogP contribution in [-0.4, -0.2) is 54.1 Å². The number of likely N-dealkylation sites (tertiary alicyclic amines) is 1. The van der Waals surface area contributed by atoms with Gasteiger partial charge in [-0.25, -0.2) is 9.37 Å². The van der Waals surface area contributed by atoms with Crippen LogP contribution >= 0.6 is 0 Å². The Kier molecular flexibility index (Phi) is 11.6. The van der Waals surface area contributed by atoms with E-state index >= 15 is 4.39 Å². The Morgan fingerprint density at radius 1 is 0.979 bits per heavy atom. The van der Waals surface area contributed by atoms with E-state index in [2.05, 4.69) is 32.4 Å². The first-order chi connectivity index (χ1) is 22.8. The summed E-state index contributed by atoms with van der Waals surface area (Å²) >= 11 is 0. The Labute approximate surface area is 276 Å². The van der Waals surface area contributed by atoms with Gasteiger partial charge < -0.3 is 29.7 Å². The number of nitrogens with zero attached hydrogens (tertiary/aromatic N) is 3. The summed E-state index contributed by atoms with van der Waals surface area (Å²) in [6, 6.07) is 16.1. The third-order valence-electron chi connectivity index (χ3n) is 8.20. The number of nitrogens with one attached hydrogen (secondary N) is 2. The van der Waals surface area contributed by atoms with Gasteiger partial charge in [-0.1, -0.05) is 44.0 Å². The molecule has 5 rings (SSSR count). The van der Waals surface area contributed by atoms with E-state index in [4.69, 9.17) is 14.2 Å². The molecule has 0 aliphatic carbocycles. The zero-order chi connectivity index (χ0) is 33.2. The summed E-state index contributed by atoms with van der Waals surface area (Å²) in [7, 11) is 1.57. The topological polar surface area (TPSA) is 97.8 Å². The molecule has 1 aromatic heterocycles. The van der Waals surface area contributed by atoms with Gasteiger partial charge in [-0.05, 0) is 93.6 Å². The minimum absolute atomic E-state index is 0.0157. The number of piperidine rings is 1. The van der Waals surface area contributed by atoms with E-state index in [9.17, 15) is 4.79 Å². The van der Waals surface area contributed by atoms with Crippen LogP contribution in [0.3, 0.4) is 0 Å². The van der Waals surface area contributed by atoms with Crippen molar-refractivity contribution < 1.29 is 23.4 Å². The van der Waals surface area contributed by atoms with Crippen molar-refractivity contribution in [2.45, 2.75) is 59.3 Å². The number of anilines is 3. The molecule has 1 fully saturated rings. The van der Waals surface area contributed by atoms with Gasteiger partial charge in [-0.2, -0.15) is 4.98 Å². The lowest BCUT2D eigenvalue weighted by Gasteiger charge is -2.26. The van der Waals surface area contributed by atoms with Crippen LogP contribution < -0.4 is 24.8 Å². The van der Waals surface area contributed by atoms with Crippen molar-refractivity contribution in [1.82, 2.24) is 14.9 Å². The molecular weight excluding hydrogens is 597 g/mol. The number of amides is 1. The van der Waals surface area contributed by atoms with Gasteiger partial charge in [0.05, 0.1) is 13.7 Å². The van der Waals surface area contributed by atoms with Crippen LogP contribution in [-0.2, 0) is 6.42 Å². The van der Waals surface area contributed by atoms with Gasteiger partial charge in [-0.3, -0.25) is 4.79 Å². The summed E-state index contributed by atoms with van der Waals surface area (Å²) in [6.45, 7) is 9.61. The first kappa shape index (κ1) is 33.7. The number of carbonyl (C=O) groups excluding carboxylic acids is 1. The van der Waals surface area contributed by atoms with Gasteiger partial charge in [0.2, 0.25) is 11.8 Å². The third kappa shape index (κ3) is 8.98. The highest BCUT2D eigenvalue weighted by molar-refractivity contribution is 6.06. The minimum atomic E-state index is -0.494. The van der Waals surface area contributed by atoms with Crippen LogP contribution in [0.1, 0.15) is 66.1 Å². The molecule has 2 N–H and O–H groups in total. The molecule has 3 aromatic carbocycles. The minimum Gasteiger partial charge on any atom is -0.493 e. The SMILES string of the molecule is CCCc1ccc(Oc2nc(Nc3ccc(OCCCN4CCCCC4)c(F)c3)ncc2C(=O)Nc2c(C)cccc2C)c(OC)c1. The Morgan fingerprint density at radius 2 is 1.74 bits per heavy atom. The van der Waals surface area contributed by atoms with Crippen molar-refractivity contribution in [2.75, 3.05) is 44.0 Å². The van der Waals surface area contributed by atoms with Gasteiger partial charge in [0.15, 0.2) is 23.1 Å². The van der Waals surface area contributed by atoms with Crippen molar-refractivity contribution in [1.29, 1.82) is 0 Å². The maximum absolute atomic E-state index is 15.0. The van der Waals surface area contributed by atoms with Crippen LogP contribution in [0.4, 0.5) is 21.7 Å². The zero-order valence-corrected chi connectivity index (χ0v) is 27.7. The van der Waals surface area contributed by atoms with E-state index in [1.807, 2.05) is 44.2 Å². The smallest absolute Gasteiger partial charge is 0.262 e. The van der Waals surface area contributed by atoms with Crippen molar-refractivity contribution in [3.05, 3.63) is 88.9 Å². The number of para-hydroxylation sites is 1. The molecule has 248 valence electrons. The van der Waals surface area contributed by atoms with E-state index in [1.54, 1.807) is 25.3 Å². The highest BCUT2D eigenvalue weighted by Crippen LogP contribution is 2.34. The van der Waals surface area contributed by atoms with Crippen LogP contribution in [0.5, 0.6) is 23.1 Å². The second-order valence-electron chi connectivity index (χ2n) is 11.8. The first-order valence-corrected chi connectivity index (χ1v) is 16.4. The number of benzene rings is 3. The van der Waals surface area contributed by atoms with Gasteiger partial charge >= 0.3 is 0 Å². The van der Waals surface area contributed by atoms with Gasteiger partial charge in [0, 0.05) is 30.2 Å². The van der Waals surface area contributed by atoms with Crippen molar-refractivity contribution >= 4 is 23.2 Å². The molecule has 9 nitrogen and oxygen atoms in total. The van der Waals surface area contributed by atoms with E-state index in [0.717, 1.165) is 55.6 Å². The molecule has 47 heavy (non-hydrogen) atoms. The number of aromatic nitrogens is 2. The molecule has 0 saturated carbocycles. The van der Waals surface area contributed by atoms with E-state index < -0.39 is 11.7 Å². The normalized spacial score (nSPS) is 13.2. The average molecular weight is 642 g/mol. The largest absolute Gasteiger partial charge is 0.493 e. The van der Waals surface area contributed by atoms with Gasteiger partial charge in [0.25, 0.3) is 5.91 Å². The summed E-state index contributed by atoms with van der Waals surface area (Å²) in [5.41, 5.74) is 4.19. The maximum atomic E-state index is 15.0. The monoisotopic (exact) mass is 641 g/mol. The first-order valence-electron chi connectivity index (χ1n) is 16.4. The number of hydrogen-bond donors (Lipinski definition) is 2. The fourth-order valence-corrected chi connectivity index (χ4v) is 5.68. The lowest BCUT2D eigenvalue weighted by atomic mass is 10.1. The van der Waals surface area contributed by atoms with E-state index in [1.165, 1.54) is 31.5 Å². The molecule has 2 heterocycles. The predicted octanol–water partition coefficient (Wildman–Crippen LogP) is 8.24. The van der Waals surface area contributed by atoms with Crippen molar-refractivity contribution in [3.63, 3.8) is 0 Å². The second-order valence-corrected chi connectivity index (χ2v) is 11.8. The highest BCUT2D eigenvalue weighted by atomic mass is 19.1. The lowest BCUT2D eigenvalue weighted by Crippen LogP contribution is -2.31. The van der Waals surface area contributed by atoms with Crippen LogP contribution in [0, 0.1) is 19.7 Å². The fraction of sp³-hybridized carbons (Fsp3) is 0.378. The quantitative estimate of drug-likeness (QED) is 0.133. The van der Waals surface area contributed by atoms with Gasteiger partial charge in [-0.15, -0.1) is 0 Å². The molecule has 0 bridgehead atoms. The van der Waals surface area contributed by atoms with Gasteiger partial charge in [0.1, 0.15) is 5.56 Å². The summed E-state index contributed by atoms with van der Waals surface area (Å²) < 4.78 is 32.6. The summed E-state index contributed by atoms with van der Waals surface area (Å²) in [5, 5.41) is 6.01. The maximum Gasteiger partial charge on any atom is 0.262 e. The number of methoxy groups -OCH3 is 1. The number of rotatable bonds is 14. The average Bonchev–Trinajstić information content (AvgIpc) is 3.07. The predicted molar refractivity (Wildman–Crippen MR) is 183 cm³/mol. The Balaban J connectivity index is 1.34. The molecule has 0 spiro atoms. The summed E-state index contributed by atoms with van der Waals surface area (Å²) in [6.07, 6.45) is 7.88. The Morgan fingerprint density at radius 3 is 2.47 bits per heavy atom. The van der Waals surface area contributed by atoms with Crippen molar-refractivity contribution in [3.8, 4) is 23.1 Å². The number of carbonyl (C=O) groups is 1. The Hall–Kier alpha value is -4.70. The summed E-state index contributed by atoms with van der Waals surface area (Å²) in [4.78, 5) is 24.9. The third-order valence-corrected chi connectivity index (χ3v) is 8.20. The molecule has 0 atom stereocenters. The summed E-state index contributed by atoms with van der Waals surface area (Å²) in [5.74, 6) is 0.312. The molecule has 10 heteroatoms. The van der Waals surface area contributed by atoms with Crippen LogP contribution in [0.15, 0.2) is 60.8 Å². The number of ether oxygens (including phenoxy) is 3. The fourth-order valence-electron chi connectivity index (χ4n) is 5.68. The highest BCUT2D eigenvalue weighted by Gasteiger charge is 2.21. The number of hydrogen-bond acceptors (Lipinski definition) is 8. The standard InChI is InChI=1S/C37H44FN5O4/c1-5-11-27-14-16-32(33(22-27)45-4)47-36-29(35(44)41-34-25(2)12-9-13-26(34)3)24-39-37(42-36)40-28-15-17-31(30(38)23-28)46-21-10-20-43-18-7-6-8-19-43/h9,12-17,22-24H,5-8,10-11,18-21H2,1-4H3,(H,41,44)(H,39,40,42). The molecule has 0 unspecified atom stereocenters. The Bertz CT molecular complexity index is 1650. The van der Waals surface area contributed by atoms with Crippen LogP contribution in [0.25, 0.3) is 0 Å². The van der Waals surface area contributed by atoms with E-state index in [-0.39, 0.29) is 23.1 Å². The van der Waals surface area contributed by atoms with Crippen LogP contribution in [0.2, 0.25) is 0 Å². The molecular formula is C37H44FN5O4. The molecule has 1 aliphatic rings. The lowest BCUT2D eigenvalue weighted by molar-refractivity contribution is 0.102. The van der Waals surface area contributed by atoms with Crippen molar-refractivity contribution in [2.24, 2.45) is 0 Å². The number of halogens is 1. The molecule has 4 aromatic rings. The molecule has 0 radical (unpaired) electrons. The second kappa shape index (κ2) is 16.2. The molecule has 1 saturated heterocycles. The van der Waals surface area contributed by atoms with E-state index in [0.29, 0.717) is 29.5 Å². The molecule has 1 amide bonds. The zero-order valence-electron chi connectivity index (χ0n) is 27.7.